The van der Waals surface area contributed by atoms with Gasteiger partial charge in [0.2, 0.25) is 5.43 Å². The smallest absolute Gasteiger partial charge is 0.276 e. The summed E-state index contributed by atoms with van der Waals surface area (Å²) in [4.78, 5) is 29.8. The summed E-state index contributed by atoms with van der Waals surface area (Å²) in [6.07, 6.45) is 7.55. The number of rotatable bonds is 5. The van der Waals surface area contributed by atoms with Crippen molar-refractivity contribution in [2.75, 3.05) is 27.2 Å². The largest absolute Gasteiger partial charge is 0.491 e. The van der Waals surface area contributed by atoms with Crippen LogP contribution in [-0.2, 0) is 0 Å². The molecule has 1 amide bonds. The SMILES string of the molecule is COc1c2n(ncc1=O)C(C(C1=CC=CCN1C)c1ccccc1)CN(C(C)C)C2=O. The summed E-state index contributed by atoms with van der Waals surface area (Å²) < 4.78 is 7.09. The Morgan fingerprint density at radius 2 is 1.90 bits per heavy atom. The minimum absolute atomic E-state index is 0.0295. The topological polar surface area (TPSA) is 67.7 Å². The lowest BCUT2D eigenvalue weighted by Gasteiger charge is -2.43. The van der Waals surface area contributed by atoms with Crippen molar-refractivity contribution in [2.45, 2.75) is 31.8 Å². The molecule has 7 nitrogen and oxygen atoms in total. The van der Waals surface area contributed by atoms with Crippen molar-refractivity contribution in [2.24, 2.45) is 0 Å². The average molecular weight is 421 g/mol. The monoisotopic (exact) mass is 420 g/mol. The highest BCUT2D eigenvalue weighted by Gasteiger charge is 2.41. The lowest BCUT2D eigenvalue weighted by molar-refractivity contribution is 0.0562. The Morgan fingerprint density at radius 3 is 2.55 bits per heavy atom. The first-order valence-electron chi connectivity index (χ1n) is 10.5. The number of benzene rings is 1. The number of allylic oxidation sites excluding steroid dienone is 3. The van der Waals surface area contributed by atoms with Crippen LogP contribution in [0.5, 0.6) is 5.75 Å². The van der Waals surface area contributed by atoms with E-state index in [9.17, 15) is 9.59 Å². The van der Waals surface area contributed by atoms with Crippen LogP contribution in [0.2, 0.25) is 0 Å². The first kappa shape index (κ1) is 20.9. The van der Waals surface area contributed by atoms with Crippen LogP contribution in [0.3, 0.4) is 0 Å². The zero-order valence-corrected chi connectivity index (χ0v) is 18.4. The Balaban J connectivity index is 1.96. The van der Waals surface area contributed by atoms with E-state index in [1.165, 1.54) is 13.3 Å². The molecule has 3 heterocycles. The fraction of sp³-hybridized carbons (Fsp3) is 0.375. The van der Waals surface area contributed by atoms with E-state index in [4.69, 9.17) is 4.74 Å². The molecule has 0 fully saturated rings. The molecule has 0 N–H and O–H groups in total. The molecule has 2 aromatic rings. The lowest BCUT2D eigenvalue weighted by Crippen LogP contribution is -2.50. The normalized spacial score (nSPS) is 19.3. The molecule has 1 aromatic carbocycles. The quantitative estimate of drug-likeness (QED) is 0.744. The van der Waals surface area contributed by atoms with Crippen LogP contribution < -0.4 is 10.2 Å². The predicted molar refractivity (Wildman–Crippen MR) is 119 cm³/mol. The van der Waals surface area contributed by atoms with Crippen LogP contribution in [-0.4, -0.2) is 58.8 Å². The molecule has 0 saturated heterocycles. The second-order valence-electron chi connectivity index (χ2n) is 8.24. The number of methoxy groups -OCH3 is 1. The summed E-state index contributed by atoms with van der Waals surface area (Å²) in [5, 5.41) is 4.43. The maximum atomic E-state index is 13.3. The zero-order valence-electron chi connectivity index (χ0n) is 18.4. The van der Waals surface area contributed by atoms with Crippen molar-refractivity contribution in [3.05, 3.63) is 81.9 Å². The summed E-state index contributed by atoms with van der Waals surface area (Å²) in [7, 11) is 3.49. The van der Waals surface area contributed by atoms with Gasteiger partial charge in [-0.2, -0.15) is 5.10 Å². The van der Waals surface area contributed by atoms with Gasteiger partial charge in [-0.1, -0.05) is 42.5 Å². The van der Waals surface area contributed by atoms with Gasteiger partial charge in [0, 0.05) is 37.8 Å². The van der Waals surface area contributed by atoms with Crippen LogP contribution in [0.15, 0.2) is 65.2 Å². The van der Waals surface area contributed by atoms with Gasteiger partial charge in [-0.05, 0) is 25.5 Å². The van der Waals surface area contributed by atoms with Crippen LogP contribution in [0.25, 0.3) is 0 Å². The highest BCUT2D eigenvalue weighted by Crippen LogP contribution is 2.41. The van der Waals surface area contributed by atoms with Crippen molar-refractivity contribution in [3.8, 4) is 5.75 Å². The molecule has 7 heteroatoms. The third kappa shape index (κ3) is 3.65. The third-order valence-corrected chi connectivity index (χ3v) is 6.04. The molecular weight excluding hydrogens is 392 g/mol. The number of carbonyl (C=O) groups is 1. The number of fused-ring (bicyclic) bond motifs is 1. The average Bonchev–Trinajstić information content (AvgIpc) is 2.77. The molecule has 4 rings (SSSR count). The van der Waals surface area contributed by atoms with E-state index in [2.05, 4.69) is 47.4 Å². The van der Waals surface area contributed by atoms with E-state index in [0.29, 0.717) is 6.54 Å². The molecule has 2 aliphatic heterocycles. The first-order chi connectivity index (χ1) is 14.9. The van der Waals surface area contributed by atoms with Gasteiger partial charge in [-0.15, -0.1) is 0 Å². The molecule has 31 heavy (non-hydrogen) atoms. The van der Waals surface area contributed by atoms with Crippen molar-refractivity contribution >= 4 is 5.91 Å². The van der Waals surface area contributed by atoms with Gasteiger partial charge in [0.1, 0.15) is 0 Å². The summed E-state index contributed by atoms with van der Waals surface area (Å²) in [6, 6.07) is 10.0. The Morgan fingerprint density at radius 1 is 1.16 bits per heavy atom. The molecule has 1 aromatic heterocycles. The maximum absolute atomic E-state index is 13.3. The van der Waals surface area contributed by atoms with Gasteiger partial charge < -0.3 is 14.5 Å². The molecule has 2 unspecified atom stereocenters. The minimum atomic E-state index is -0.389. The molecule has 0 spiro atoms. The fourth-order valence-corrected chi connectivity index (χ4v) is 4.50. The number of hydrogen-bond acceptors (Lipinski definition) is 5. The van der Waals surface area contributed by atoms with Crippen molar-refractivity contribution < 1.29 is 9.53 Å². The summed E-state index contributed by atoms with van der Waals surface area (Å²) >= 11 is 0. The molecular formula is C24H28N4O3. The molecule has 0 saturated carbocycles. The minimum Gasteiger partial charge on any atom is -0.491 e. The van der Waals surface area contributed by atoms with Crippen molar-refractivity contribution in [3.63, 3.8) is 0 Å². The Hall–Kier alpha value is -3.35. The Labute approximate surface area is 182 Å². The molecule has 0 bridgehead atoms. The summed E-state index contributed by atoms with van der Waals surface area (Å²) in [5.74, 6) is -0.247. The Bertz CT molecular complexity index is 1090. The number of nitrogens with zero attached hydrogens (tertiary/aromatic N) is 4. The van der Waals surface area contributed by atoms with Crippen LogP contribution in [0.4, 0.5) is 0 Å². The van der Waals surface area contributed by atoms with Crippen LogP contribution in [0.1, 0.15) is 41.9 Å². The van der Waals surface area contributed by atoms with Crippen molar-refractivity contribution in [1.82, 2.24) is 19.6 Å². The zero-order chi connectivity index (χ0) is 22.1. The second-order valence-corrected chi connectivity index (χ2v) is 8.24. The van der Waals surface area contributed by atoms with E-state index >= 15 is 0 Å². The van der Waals surface area contributed by atoms with Crippen molar-refractivity contribution in [1.29, 1.82) is 0 Å². The van der Waals surface area contributed by atoms with Gasteiger partial charge >= 0.3 is 0 Å². The van der Waals surface area contributed by atoms with Crippen LogP contribution >= 0.6 is 0 Å². The van der Waals surface area contributed by atoms with Crippen LogP contribution in [0, 0.1) is 0 Å². The van der Waals surface area contributed by atoms with E-state index in [-0.39, 0.29) is 40.8 Å². The van der Waals surface area contributed by atoms with Gasteiger partial charge in [-0.25, -0.2) is 0 Å². The molecule has 0 aliphatic carbocycles. The first-order valence-corrected chi connectivity index (χ1v) is 10.5. The number of likely N-dealkylation sites (N-methyl/N-ethyl adjacent to an activating group) is 1. The van der Waals surface area contributed by atoms with Gasteiger partial charge in [0.25, 0.3) is 5.91 Å². The van der Waals surface area contributed by atoms with E-state index in [0.717, 1.165) is 17.8 Å². The predicted octanol–water partition coefficient (Wildman–Crippen LogP) is 2.83. The van der Waals surface area contributed by atoms with E-state index in [1.807, 2.05) is 32.0 Å². The number of ether oxygens (including phenoxy) is 1. The molecule has 2 aliphatic rings. The number of carbonyl (C=O) groups excluding carboxylic acids is 1. The van der Waals surface area contributed by atoms with Gasteiger partial charge in [0.15, 0.2) is 11.4 Å². The highest BCUT2D eigenvalue weighted by molar-refractivity contribution is 5.96. The third-order valence-electron chi connectivity index (χ3n) is 6.04. The number of hydrogen-bond donors (Lipinski definition) is 0. The van der Waals surface area contributed by atoms with E-state index in [1.54, 1.807) is 9.58 Å². The highest BCUT2D eigenvalue weighted by atomic mass is 16.5. The second kappa shape index (κ2) is 8.41. The summed E-state index contributed by atoms with van der Waals surface area (Å²) in [6.45, 7) is 5.26. The standard InChI is InChI=1S/C24H28N4O3/c1-16(2)27-15-19(28-22(24(27)30)23(31-4)20(29)14-25-28)21(17-10-6-5-7-11-17)18-12-8-9-13-26(18)3/h5-12,14,16,19,21H,13,15H2,1-4H3. The maximum Gasteiger partial charge on any atom is 0.276 e. The fourth-order valence-electron chi connectivity index (χ4n) is 4.50. The Kier molecular flexibility index (Phi) is 5.67. The van der Waals surface area contributed by atoms with E-state index < -0.39 is 0 Å². The van der Waals surface area contributed by atoms with Gasteiger partial charge in [-0.3, -0.25) is 14.3 Å². The summed E-state index contributed by atoms with van der Waals surface area (Å²) in [5.41, 5.74) is 2.10. The van der Waals surface area contributed by atoms with Gasteiger partial charge in [0.05, 0.1) is 19.3 Å². The number of aromatic nitrogens is 2. The molecule has 2 atom stereocenters. The lowest BCUT2D eigenvalue weighted by atomic mass is 9.85. The molecule has 0 radical (unpaired) electrons. The molecule has 162 valence electrons. The number of amides is 1.